The average molecular weight is 363 g/mol. The van der Waals surface area contributed by atoms with Gasteiger partial charge in [0.05, 0.1) is 12.2 Å². The maximum Gasteiger partial charge on any atom is 0.225 e. The van der Waals surface area contributed by atoms with Gasteiger partial charge in [-0.05, 0) is 82.0 Å². The molecule has 1 saturated heterocycles. The molecular weight excluding hydrogens is 324 g/mol. The maximum atomic E-state index is 13.1. The number of hydrogen-bond acceptors (Lipinski definition) is 3. The Kier molecular flexibility index (Phi) is 5.90. The summed E-state index contributed by atoms with van der Waals surface area (Å²) in [5.74, 6) is 2.70. The third kappa shape index (κ3) is 4.11. The lowest BCUT2D eigenvalue weighted by Gasteiger charge is -2.45. The number of ether oxygens (including phenoxy) is 1. The number of nitrogens with zero attached hydrogens (tertiary/aromatic N) is 1. The molecule has 4 fully saturated rings. The van der Waals surface area contributed by atoms with E-state index in [1.54, 1.807) is 0 Å². The van der Waals surface area contributed by atoms with Gasteiger partial charge in [-0.25, -0.2) is 0 Å². The number of fused-ring (bicyclic) bond motifs is 2. The van der Waals surface area contributed by atoms with Crippen LogP contribution >= 0.6 is 0 Å². The van der Waals surface area contributed by atoms with E-state index in [1.807, 2.05) is 0 Å². The van der Waals surface area contributed by atoms with Crippen LogP contribution in [0.5, 0.6) is 0 Å². The topological polar surface area (TPSA) is 55.6 Å². The van der Waals surface area contributed by atoms with Crippen LogP contribution < -0.4 is 5.73 Å². The second-order valence-electron chi connectivity index (χ2n) is 9.74. The lowest BCUT2D eigenvalue weighted by atomic mass is 9.65. The molecule has 1 heterocycles. The van der Waals surface area contributed by atoms with Crippen LogP contribution in [0.4, 0.5) is 0 Å². The monoisotopic (exact) mass is 362 g/mol. The first-order valence-electron chi connectivity index (χ1n) is 11.3. The zero-order valence-electron chi connectivity index (χ0n) is 16.6. The summed E-state index contributed by atoms with van der Waals surface area (Å²) in [6.07, 6.45) is 13.8. The number of rotatable bonds is 3. The van der Waals surface area contributed by atoms with Crippen LogP contribution in [0.15, 0.2) is 0 Å². The van der Waals surface area contributed by atoms with Gasteiger partial charge in [-0.3, -0.25) is 4.79 Å². The molecule has 2 unspecified atom stereocenters. The van der Waals surface area contributed by atoms with Crippen molar-refractivity contribution in [2.45, 2.75) is 95.8 Å². The van der Waals surface area contributed by atoms with E-state index in [2.05, 4.69) is 11.8 Å². The Labute approximate surface area is 159 Å². The molecule has 0 aromatic rings. The predicted molar refractivity (Wildman–Crippen MR) is 104 cm³/mol. The van der Waals surface area contributed by atoms with Gasteiger partial charge >= 0.3 is 0 Å². The van der Waals surface area contributed by atoms with E-state index in [9.17, 15) is 4.79 Å². The molecule has 2 atom stereocenters. The normalized spacial score (nSPS) is 41.8. The van der Waals surface area contributed by atoms with Gasteiger partial charge < -0.3 is 15.4 Å². The summed E-state index contributed by atoms with van der Waals surface area (Å²) in [5.41, 5.74) is 6.40. The van der Waals surface area contributed by atoms with Crippen molar-refractivity contribution >= 4 is 5.91 Å². The predicted octanol–water partition coefficient (Wildman–Crippen LogP) is 3.73. The number of amides is 1. The molecule has 3 saturated carbocycles. The van der Waals surface area contributed by atoms with Crippen molar-refractivity contribution in [2.24, 2.45) is 29.4 Å². The van der Waals surface area contributed by atoms with Crippen LogP contribution in [0.3, 0.4) is 0 Å². The van der Waals surface area contributed by atoms with E-state index < -0.39 is 0 Å². The molecule has 1 amide bonds. The number of nitrogens with two attached hydrogens (primary N) is 1. The molecule has 148 valence electrons. The summed E-state index contributed by atoms with van der Waals surface area (Å²) in [6, 6.07) is 0.352. The Morgan fingerprint density at radius 1 is 0.885 bits per heavy atom. The highest BCUT2D eigenvalue weighted by molar-refractivity contribution is 5.79. The van der Waals surface area contributed by atoms with E-state index >= 15 is 0 Å². The molecule has 26 heavy (non-hydrogen) atoms. The zero-order valence-corrected chi connectivity index (χ0v) is 16.6. The highest BCUT2D eigenvalue weighted by Crippen LogP contribution is 2.42. The molecule has 4 nitrogen and oxygen atoms in total. The molecule has 3 aliphatic carbocycles. The molecule has 4 rings (SSSR count). The molecule has 0 aromatic heterocycles. The van der Waals surface area contributed by atoms with Crippen molar-refractivity contribution in [3.05, 3.63) is 0 Å². The maximum absolute atomic E-state index is 13.1. The summed E-state index contributed by atoms with van der Waals surface area (Å²) < 4.78 is 6.37. The Morgan fingerprint density at radius 3 is 2.08 bits per heavy atom. The minimum Gasteiger partial charge on any atom is -0.375 e. The SMILES string of the molecule is CC1CCC(OC2CCN(C(=O)C3CC4CCCC(C3)C4N)CC2)CC1. The van der Waals surface area contributed by atoms with Crippen LogP contribution in [-0.2, 0) is 9.53 Å². The van der Waals surface area contributed by atoms with Crippen LogP contribution in [-0.4, -0.2) is 42.1 Å². The first kappa shape index (κ1) is 18.7. The van der Waals surface area contributed by atoms with Crippen molar-refractivity contribution in [3.63, 3.8) is 0 Å². The lowest BCUT2D eigenvalue weighted by molar-refractivity contribution is -0.142. The van der Waals surface area contributed by atoms with Crippen LogP contribution in [0.2, 0.25) is 0 Å². The fourth-order valence-electron chi connectivity index (χ4n) is 6.10. The van der Waals surface area contributed by atoms with E-state index in [4.69, 9.17) is 10.5 Å². The lowest BCUT2D eigenvalue weighted by Crippen LogP contribution is -2.51. The minimum atomic E-state index is 0.238. The number of hydrogen-bond donors (Lipinski definition) is 1. The van der Waals surface area contributed by atoms with Gasteiger partial charge in [-0.2, -0.15) is 0 Å². The summed E-state index contributed by atoms with van der Waals surface area (Å²) >= 11 is 0. The molecule has 0 aromatic carbocycles. The fraction of sp³-hybridized carbons (Fsp3) is 0.955. The van der Waals surface area contributed by atoms with Crippen molar-refractivity contribution in [1.82, 2.24) is 4.90 Å². The number of carbonyl (C=O) groups excluding carboxylic acids is 1. The largest absolute Gasteiger partial charge is 0.375 e. The summed E-state index contributed by atoms with van der Waals surface area (Å²) in [4.78, 5) is 15.2. The minimum absolute atomic E-state index is 0.238. The Balaban J connectivity index is 1.23. The molecule has 0 radical (unpaired) electrons. The van der Waals surface area contributed by atoms with E-state index in [0.717, 1.165) is 44.7 Å². The fourth-order valence-corrected chi connectivity index (χ4v) is 6.10. The first-order valence-corrected chi connectivity index (χ1v) is 11.3. The van der Waals surface area contributed by atoms with Gasteiger partial charge in [0.2, 0.25) is 5.91 Å². The average Bonchev–Trinajstić information content (AvgIpc) is 2.63. The van der Waals surface area contributed by atoms with Crippen molar-refractivity contribution in [1.29, 1.82) is 0 Å². The number of likely N-dealkylation sites (tertiary alicyclic amines) is 1. The van der Waals surface area contributed by atoms with Crippen LogP contribution in [0.25, 0.3) is 0 Å². The van der Waals surface area contributed by atoms with E-state index in [1.165, 1.54) is 44.9 Å². The van der Waals surface area contributed by atoms with Gasteiger partial charge in [0.1, 0.15) is 0 Å². The zero-order chi connectivity index (χ0) is 18.1. The molecular formula is C22H38N2O2. The smallest absolute Gasteiger partial charge is 0.225 e. The molecule has 2 N–H and O–H groups in total. The Bertz CT molecular complexity index is 467. The summed E-state index contributed by atoms with van der Waals surface area (Å²) in [7, 11) is 0. The third-order valence-corrected chi connectivity index (χ3v) is 7.86. The van der Waals surface area contributed by atoms with E-state index in [0.29, 0.717) is 36.0 Å². The molecule has 4 aliphatic rings. The van der Waals surface area contributed by atoms with Gasteiger partial charge in [-0.15, -0.1) is 0 Å². The quantitative estimate of drug-likeness (QED) is 0.832. The number of carbonyl (C=O) groups is 1. The van der Waals surface area contributed by atoms with Crippen molar-refractivity contribution in [3.8, 4) is 0 Å². The van der Waals surface area contributed by atoms with E-state index in [-0.39, 0.29) is 5.92 Å². The highest BCUT2D eigenvalue weighted by Gasteiger charge is 2.42. The second-order valence-corrected chi connectivity index (χ2v) is 9.74. The Morgan fingerprint density at radius 2 is 1.46 bits per heavy atom. The van der Waals surface area contributed by atoms with Crippen LogP contribution in [0, 0.1) is 23.7 Å². The molecule has 2 bridgehead atoms. The van der Waals surface area contributed by atoms with Gasteiger partial charge in [0, 0.05) is 25.0 Å². The Hall–Kier alpha value is -0.610. The number of piperidine rings is 1. The summed E-state index contributed by atoms with van der Waals surface area (Å²) in [6.45, 7) is 4.14. The van der Waals surface area contributed by atoms with Gasteiger partial charge in [0.15, 0.2) is 0 Å². The first-order chi connectivity index (χ1) is 12.6. The van der Waals surface area contributed by atoms with Crippen molar-refractivity contribution in [2.75, 3.05) is 13.1 Å². The van der Waals surface area contributed by atoms with Crippen LogP contribution in [0.1, 0.15) is 77.6 Å². The summed E-state index contributed by atoms with van der Waals surface area (Å²) in [5, 5.41) is 0. The van der Waals surface area contributed by atoms with Crippen molar-refractivity contribution < 1.29 is 9.53 Å². The standard InChI is InChI=1S/C22H38N2O2/c1-15-5-7-19(8-6-15)26-20-9-11-24(12-10-20)22(25)18-13-16-3-2-4-17(14-18)21(16)23/h15-21H,2-14,23H2,1H3. The molecule has 1 aliphatic heterocycles. The molecule has 0 spiro atoms. The second kappa shape index (κ2) is 8.18. The third-order valence-electron chi connectivity index (χ3n) is 7.86. The van der Waals surface area contributed by atoms with Gasteiger partial charge in [-0.1, -0.05) is 13.3 Å². The molecule has 4 heteroatoms. The van der Waals surface area contributed by atoms with Gasteiger partial charge in [0.25, 0.3) is 0 Å². The highest BCUT2D eigenvalue weighted by atomic mass is 16.5.